The smallest absolute Gasteiger partial charge is 0.328 e. The maximum Gasteiger partial charge on any atom is 0.444 e. The van der Waals surface area contributed by atoms with E-state index in [1.165, 1.54) is 22.3 Å². The maximum atomic E-state index is 13.3. The zero-order chi connectivity index (χ0) is 30.8. The highest BCUT2D eigenvalue weighted by Gasteiger charge is 2.37. The molecule has 0 radical (unpaired) electrons. The molecule has 4 aliphatic rings. The van der Waals surface area contributed by atoms with Crippen molar-refractivity contribution in [1.82, 2.24) is 19.6 Å². The summed E-state index contributed by atoms with van der Waals surface area (Å²) < 4.78 is 0. The van der Waals surface area contributed by atoms with E-state index in [0.29, 0.717) is 47.6 Å². The minimum Gasteiger partial charge on any atom is -0.328 e. The number of hydrogen-bond acceptors (Lipinski definition) is 10. The van der Waals surface area contributed by atoms with Gasteiger partial charge in [0.25, 0.3) is 11.8 Å². The van der Waals surface area contributed by atoms with Crippen LogP contribution in [0, 0.1) is 0 Å². The third-order valence-electron chi connectivity index (χ3n) is 8.41. The minimum absolute atomic E-state index is 0.0653. The lowest BCUT2D eigenvalue weighted by Crippen LogP contribution is -2.51. The van der Waals surface area contributed by atoms with Crippen LogP contribution in [0.5, 0.6) is 0 Å². The SMILES string of the molecule is O=C(ON1CN(CCN2CCCC2)C(=O)c2cc(Cl)ccc21)C(=O)ON1CN(CCN2CCCC2)C(=O)c2cc(Cl)ccc21. The molecule has 0 atom stereocenters. The summed E-state index contributed by atoms with van der Waals surface area (Å²) >= 11 is 12.4. The third-order valence-corrected chi connectivity index (χ3v) is 8.88. The highest BCUT2D eigenvalue weighted by atomic mass is 35.5. The highest BCUT2D eigenvalue weighted by Crippen LogP contribution is 2.32. The quantitative estimate of drug-likeness (QED) is 0.398. The van der Waals surface area contributed by atoms with E-state index in [0.717, 1.165) is 51.9 Å². The summed E-state index contributed by atoms with van der Waals surface area (Å²) in [6.45, 7) is 5.95. The topological polar surface area (TPSA) is 106 Å². The fourth-order valence-corrected chi connectivity index (χ4v) is 6.38. The van der Waals surface area contributed by atoms with Crippen molar-refractivity contribution >= 4 is 58.3 Å². The molecule has 4 aliphatic heterocycles. The summed E-state index contributed by atoms with van der Waals surface area (Å²) in [7, 11) is 0. The number of amides is 2. The van der Waals surface area contributed by atoms with Gasteiger partial charge in [-0.3, -0.25) is 9.59 Å². The van der Waals surface area contributed by atoms with Crippen LogP contribution >= 0.6 is 23.2 Å². The molecular formula is C30H34Cl2N6O6. The third kappa shape index (κ3) is 6.58. The predicted octanol–water partition coefficient (Wildman–Crippen LogP) is 3.24. The Morgan fingerprint density at radius 1 is 0.614 bits per heavy atom. The fourth-order valence-electron chi connectivity index (χ4n) is 6.04. The van der Waals surface area contributed by atoms with Crippen LogP contribution in [-0.2, 0) is 19.3 Å². The van der Waals surface area contributed by atoms with Crippen LogP contribution in [0.25, 0.3) is 0 Å². The van der Waals surface area contributed by atoms with Crippen LogP contribution in [0.1, 0.15) is 46.4 Å². The van der Waals surface area contributed by atoms with E-state index in [1.54, 1.807) is 34.1 Å². The largest absolute Gasteiger partial charge is 0.444 e. The lowest BCUT2D eigenvalue weighted by Gasteiger charge is -2.37. The van der Waals surface area contributed by atoms with E-state index in [4.69, 9.17) is 32.9 Å². The number of rotatable bonds is 8. The predicted molar refractivity (Wildman–Crippen MR) is 163 cm³/mol. The van der Waals surface area contributed by atoms with Gasteiger partial charge in [0, 0.05) is 36.2 Å². The van der Waals surface area contributed by atoms with Crippen molar-refractivity contribution < 1.29 is 28.9 Å². The Balaban J connectivity index is 1.15. The Kier molecular flexibility index (Phi) is 9.13. The molecule has 6 rings (SSSR count). The van der Waals surface area contributed by atoms with E-state index in [2.05, 4.69) is 9.80 Å². The van der Waals surface area contributed by atoms with Crippen LogP contribution in [0.4, 0.5) is 11.4 Å². The van der Waals surface area contributed by atoms with Crippen molar-refractivity contribution in [2.45, 2.75) is 25.7 Å². The first-order valence-electron chi connectivity index (χ1n) is 14.9. The molecule has 0 unspecified atom stereocenters. The summed E-state index contributed by atoms with van der Waals surface area (Å²) in [6.07, 6.45) is 4.49. The second kappa shape index (κ2) is 13.2. The monoisotopic (exact) mass is 644 g/mol. The zero-order valence-corrected chi connectivity index (χ0v) is 25.8. The molecule has 2 aromatic rings. The number of nitrogens with zero attached hydrogens (tertiary/aromatic N) is 6. The van der Waals surface area contributed by atoms with Gasteiger partial charge < -0.3 is 29.3 Å². The average Bonchev–Trinajstić information content (AvgIpc) is 3.73. The Morgan fingerprint density at radius 2 is 1.00 bits per heavy atom. The van der Waals surface area contributed by atoms with Gasteiger partial charge >= 0.3 is 11.9 Å². The molecule has 0 aliphatic carbocycles. The normalized spacial score (nSPS) is 19.0. The van der Waals surface area contributed by atoms with Gasteiger partial charge in [-0.05, 0) is 88.3 Å². The molecule has 44 heavy (non-hydrogen) atoms. The van der Waals surface area contributed by atoms with Gasteiger partial charge in [0.2, 0.25) is 0 Å². The first-order valence-corrected chi connectivity index (χ1v) is 15.6. The van der Waals surface area contributed by atoms with Crippen molar-refractivity contribution in [2.75, 3.05) is 75.8 Å². The molecule has 0 bridgehead atoms. The van der Waals surface area contributed by atoms with Gasteiger partial charge in [-0.1, -0.05) is 23.2 Å². The zero-order valence-electron chi connectivity index (χ0n) is 24.3. The number of hydroxylamine groups is 2. The number of fused-ring (bicyclic) bond motifs is 2. The Bertz CT molecular complexity index is 1340. The second-order valence-electron chi connectivity index (χ2n) is 11.4. The lowest BCUT2D eigenvalue weighted by atomic mass is 10.1. The lowest BCUT2D eigenvalue weighted by molar-refractivity contribution is -0.170. The average molecular weight is 646 g/mol. The summed E-state index contributed by atoms with van der Waals surface area (Å²) in [5.74, 6) is -3.04. The molecule has 14 heteroatoms. The number of benzene rings is 2. The molecule has 12 nitrogen and oxygen atoms in total. The summed E-state index contributed by atoms with van der Waals surface area (Å²) in [5.41, 5.74) is 1.16. The Hall–Kier alpha value is -3.58. The van der Waals surface area contributed by atoms with Crippen molar-refractivity contribution in [1.29, 1.82) is 0 Å². The number of likely N-dealkylation sites (tertiary alicyclic amines) is 2. The summed E-state index contributed by atoms with van der Waals surface area (Å²) in [4.78, 5) is 71.5. The van der Waals surface area contributed by atoms with Crippen molar-refractivity contribution in [2.24, 2.45) is 0 Å². The number of anilines is 2. The first kappa shape index (κ1) is 30.4. The molecule has 0 N–H and O–H groups in total. The van der Waals surface area contributed by atoms with Crippen molar-refractivity contribution in [3.63, 3.8) is 0 Å². The van der Waals surface area contributed by atoms with E-state index < -0.39 is 11.9 Å². The van der Waals surface area contributed by atoms with E-state index in [-0.39, 0.29) is 36.3 Å². The van der Waals surface area contributed by atoms with E-state index >= 15 is 0 Å². The van der Waals surface area contributed by atoms with Gasteiger partial charge in [0.15, 0.2) is 0 Å². The Labute approximate surface area is 265 Å². The minimum atomic E-state index is -1.28. The van der Waals surface area contributed by atoms with Crippen molar-refractivity contribution in [3.05, 3.63) is 57.6 Å². The maximum absolute atomic E-state index is 13.3. The molecule has 4 heterocycles. The molecule has 234 valence electrons. The molecule has 2 saturated heterocycles. The van der Waals surface area contributed by atoms with Crippen LogP contribution in [-0.4, -0.2) is 109 Å². The van der Waals surface area contributed by atoms with Gasteiger partial charge in [-0.2, -0.15) is 10.1 Å². The number of hydrogen-bond donors (Lipinski definition) is 0. The van der Waals surface area contributed by atoms with Crippen molar-refractivity contribution in [3.8, 4) is 0 Å². The van der Waals surface area contributed by atoms with Crippen LogP contribution in [0.3, 0.4) is 0 Å². The molecule has 0 saturated carbocycles. The standard InChI is InChI=1S/C30H34Cl2N6O6/c31-21-5-7-25-23(17-21)27(39)35(15-13-33-9-1-2-10-33)19-37(25)43-29(41)30(42)44-38-20-36(16-14-34-11-3-4-12-34)28(40)24-18-22(32)6-8-26(24)38/h5-8,17-18H,1-4,9-16,19-20H2. The van der Waals surface area contributed by atoms with Crippen LogP contribution in [0.15, 0.2) is 36.4 Å². The number of halogens is 2. The molecule has 2 aromatic carbocycles. The molecule has 2 fully saturated rings. The van der Waals surface area contributed by atoms with Crippen LogP contribution in [0.2, 0.25) is 10.0 Å². The van der Waals surface area contributed by atoms with E-state index in [1.807, 2.05) is 0 Å². The summed E-state index contributed by atoms with van der Waals surface area (Å²) in [6, 6.07) is 9.33. The van der Waals surface area contributed by atoms with Gasteiger partial charge in [0.05, 0.1) is 22.5 Å². The Morgan fingerprint density at radius 3 is 1.39 bits per heavy atom. The van der Waals surface area contributed by atoms with Gasteiger partial charge in [-0.15, -0.1) is 0 Å². The van der Waals surface area contributed by atoms with Gasteiger partial charge in [0.1, 0.15) is 13.3 Å². The molecule has 0 spiro atoms. The number of carbonyl (C=O) groups excluding carboxylic acids is 4. The van der Waals surface area contributed by atoms with Gasteiger partial charge in [-0.25, -0.2) is 9.59 Å². The first-order chi connectivity index (χ1) is 21.3. The molecular weight excluding hydrogens is 611 g/mol. The van der Waals surface area contributed by atoms with E-state index in [9.17, 15) is 19.2 Å². The second-order valence-corrected chi connectivity index (χ2v) is 12.2. The molecule has 0 aromatic heterocycles. The molecule has 2 amide bonds. The summed E-state index contributed by atoms with van der Waals surface area (Å²) in [5, 5.41) is 3.13. The number of carbonyl (C=O) groups is 4. The fraction of sp³-hybridized carbons (Fsp3) is 0.467. The highest BCUT2D eigenvalue weighted by molar-refractivity contribution is 6.32. The van der Waals surface area contributed by atoms with Crippen LogP contribution < -0.4 is 10.1 Å².